The molecule has 0 saturated heterocycles. The van der Waals surface area contributed by atoms with Crippen molar-refractivity contribution in [3.05, 3.63) is 49.4 Å². The van der Waals surface area contributed by atoms with E-state index in [2.05, 4.69) is 24.1 Å². The highest BCUT2D eigenvalue weighted by atomic mass is 35.5. The lowest BCUT2D eigenvalue weighted by Crippen LogP contribution is -2.23. The minimum Gasteiger partial charge on any atom is -0.304 e. The lowest BCUT2D eigenvalue weighted by atomic mass is 10.1. The van der Waals surface area contributed by atoms with Gasteiger partial charge in [-0.3, -0.25) is 0 Å². The summed E-state index contributed by atoms with van der Waals surface area (Å²) in [4.78, 5) is 5.91. The second-order valence-corrected chi connectivity index (χ2v) is 6.83. The van der Waals surface area contributed by atoms with E-state index in [1.807, 2.05) is 19.1 Å². The Hall–Kier alpha value is -0.610. The normalized spacial score (nSPS) is 12.7. The van der Waals surface area contributed by atoms with Gasteiger partial charge in [0.25, 0.3) is 0 Å². The Bertz CT molecular complexity index is 576. The maximum absolute atomic E-state index is 6.35. The van der Waals surface area contributed by atoms with Crippen LogP contribution in [0, 0.1) is 13.8 Å². The molecule has 5 heteroatoms. The summed E-state index contributed by atoms with van der Waals surface area (Å²) >= 11 is 14.1. The van der Waals surface area contributed by atoms with Crippen LogP contribution in [0.3, 0.4) is 0 Å². The lowest BCUT2D eigenvalue weighted by Gasteiger charge is -2.18. The summed E-state index contributed by atoms with van der Waals surface area (Å²) in [7, 11) is 0. The van der Waals surface area contributed by atoms with Gasteiger partial charge >= 0.3 is 0 Å². The Labute approximate surface area is 134 Å². The number of nitrogens with zero attached hydrogens (tertiary/aromatic N) is 1. The van der Waals surface area contributed by atoms with Gasteiger partial charge in [-0.25, -0.2) is 4.98 Å². The molecule has 2 nitrogen and oxygen atoms in total. The third-order valence-corrected chi connectivity index (χ3v) is 4.86. The van der Waals surface area contributed by atoms with Gasteiger partial charge in [-0.1, -0.05) is 36.2 Å². The van der Waals surface area contributed by atoms with Crippen LogP contribution >= 0.6 is 34.5 Å². The van der Waals surface area contributed by atoms with Gasteiger partial charge in [0, 0.05) is 14.9 Å². The molecule has 0 fully saturated rings. The fraction of sp³-hybridized carbons (Fsp3) is 0.400. The van der Waals surface area contributed by atoms with Gasteiger partial charge in [0.15, 0.2) is 0 Å². The second kappa shape index (κ2) is 6.90. The number of thiazole rings is 1. The SMILES string of the molecule is CCCNC(c1nc(C)c(C)s1)c1ccc(Cl)cc1Cl. The lowest BCUT2D eigenvalue weighted by molar-refractivity contribution is 0.595. The second-order valence-electron chi connectivity index (χ2n) is 4.75. The quantitative estimate of drug-likeness (QED) is 0.820. The molecule has 0 aliphatic heterocycles. The molecule has 0 aliphatic rings. The first kappa shape index (κ1) is 15.8. The molecule has 1 atom stereocenters. The predicted octanol–water partition coefficient (Wildman–Crippen LogP) is 5.16. The number of aryl methyl sites for hydroxylation is 2. The molecule has 1 aromatic carbocycles. The molecular weight excluding hydrogens is 311 g/mol. The molecule has 108 valence electrons. The molecule has 1 N–H and O–H groups in total. The zero-order chi connectivity index (χ0) is 14.7. The minimum atomic E-state index is 0.0251. The number of benzene rings is 1. The maximum atomic E-state index is 6.35. The number of rotatable bonds is 5. The van der Waals surface area contributed by atoms with Crippen molar-refractivity contribution in [3.8, 4) is 0 Å². The van der Waals surface area contributed by atoms with E-state index in [4.69, 9.17) is 23.2 Å². The number of halogens is 2. The number of hydrogen-bond donors (Lipinski definition) is 1. The number of aromatic nitrogens is 1. The summed E-state index contributed by atoms with van der Waals surface area (Å²) in [5.41, 5.74) is 2.11. The Morgan fingerprint density at radius 2 is 2.05 bits per heavy atom. The molecule has 0 bridgehead atoms. The van der Waals surface area contributed by atoms with E-state index in [0.717, 1.165) is 29.2 Å². The molecular formula is C15H18Cl2N2S. The standard InChI is InChI=1S/C15H18Cl2N2S/c1-4-7-18-14(15-19-9(2)10(3)20-15)12-6-5-11(16)8-13(12)17/h5-6,8,14,18H,4,7H2,1-3H3. The maximum Gasteiger partial charge on any atom is 0.115 e. The van der Waals surface area contributed by atoms with Crippen LogP contribution < -0.4 is 5.32 Å². The van der Waals surface area contributed by atoms with Crippen molar-refractivity contribution in [1.29, 1.82) is 0 Å². The largest absolute Gasteiger partial charge is 0.304 e. The zero-order valence-corrected chi connectivity index (χ0v) is 14.2. The Balaban J connectivity index is 2.41. The van der Waals surface area contributed by atoms with Crippen molar-refractivity contribution in [1.82, 2.24) is 10.3 Å². The van der Waals surface area contributed by atoms with Gasteiger partial charge in [0.05, 0.1) is 11.7 Å². The molecule has 0 radical (unpaired) electrons. The highest BCUT2D eigenvalue weighted by Crippen LogP contribution is 2.33. The minimum absolute atomic E-state index is 0.0251. The van der Waals surface area contributed by atoms with Gasteiger partial charge in [-0.15, -0.1) is 11.3 Å². The molecule has 0 saturated carbocycles. The third-order valence-electron chi connectivity index (χ3n) is 3.16. The van der Waals surface area contributed by atoms with Gasteiger partial charge in [-0.2, -0.15) is 0 Å². The summed E-state index contributed by atoms with van der Waals surface area (Å²) < 4.78 is 0. The van der Waals surface area contributed by atoms with Crippen molar-refractivity contribution < 1.29 is 0 Å². The summed E-state index contributed by atoms with van der Waals surface area (Å²) in [6, 6.07) is 5.66. The molecule has 1 aromatic heterocycles. The van der Waals surface area contributed by atoms with Crippen LogP contribution in [0.1, 0.15) is 40.5 Å². The number of nitrogens with one attached hydrogen (secondary N) is 1. The zero-order valence-electron chi connectivity index (χ0n) is 11.8. The van der Waals surface area contributed by atoms with Crippen LogP contribution in [0.2, 0.25) is 10.0 Å². The molecule has 20 heavy (non-hydrogen) atoms. The highest BCUT2D eigenvalue weighted by Gasteiger charge is 2.20. The smallest absolute Gasteiger partial charge is 0.115 e. The number of hydrogen-bond acceptors (Lipinski definition) is 3. The monoisotopic (exact) mass is 328 g/mol. The summed E-state index contributed by atoms with van der Waals surface area (Å²) in [6.45, 7) is 7.19. The average molecular weight is 329 g/mol. The molecule has 1 heterocycles. The van der Waals surface area contributed by atoms with Crippen molar-refractivity contribution in [3.63, 3.8) is 0 Å². The molecule has 2 aromatic rings. The first-order valence-corrected chi connectivity index (χ1v) is 8.22. The van der Waals surface area contributed by atoms with E-state index >= 15 is 0 Å². The molecule has 2 rings (SSSR count). The van der Waals surface area contributed by atoms with Crippen LogP contribution in [0.4, 0.5) is 0 Å². The van der Waals surface area contributed by atoms with Crippen molar-refractivity contribution in [2.24, 2.45) is 0 Å². The Morgan fingerprint density at radius 3 is 2.60 bits per heavy atom. The molecule has 0 spiro atoms. The first-order valence-electron chi connectivity index (χ1n) is 6.65. The fourth-order valence-electron chi connectivity index (χ4n) is 1.98. The molecule has 0 amide bonds. The van der Waals surface area contributed by atoms with Gasteiger partial charge in [-0.05, 0) is 44.5 Å². The van der Waals surface area contributed by atoms with Gasteiger partial charge in [0.1, 0.15) is 5.01 Å². The van der Waals surface area contributed by atoms with E-state index < -0.39 is 0 Å². The van der Waals surface area contributed by atoms with Crippen LogP contribution in [0.25, 0.3) is 0 Å². The van der Waals surface area contributed by atoms with Gasteiger partial charge < -0.3 is 5.32 Å². The first-order chi connectivity index (χ1) is 9.52. The third kappa shape index (κ3) is 3.53. The fourth-order valence-corrected chi connectivity index (χ4v) is 3.51. The summed E-state index contributed by atoms with van der Waals surface area (Å²) in [5, 5.41) is 5.91. The van der Waals surface area contributed by atoms with E-state index in [-0.39, 0.29) is 6.04 Å². The van der Waals surface area contributed by atoms with E-state index in [1.54, 1.807) is 17.4 Å². The Morgan fingerprint density at radius 1 is 1.30 bits per heavy atom. The van der Waals surface area contributed by atoms with Crippen LogP contribution in [0.5, 0.6) is 0 Å². The predicted molar refractivity (Wildman–Crippen MR) is 88.2 cm³/mol. The molecule has 0 aliphatic carbocycles. The topological polar surface area (TPSA) is 24.9 Å². The van der Waals surface area contributed by atoms with Crippen molar-refractivity contribution in [2.75, 3.05) is 6.54 Å². The average Bonchev–Trinajstić information content (AvgIpc) is 2.72. The van der Waals surface area contributed by atoms with Crippen LogP contribution in [-0.4, -0.2) is 11.5 Å². The Kier molecular flexibility index (Phi) is 5.44. The summed E-state index contributed by atoms with van der Waals surface area (Å²) in [5.74, 6) is 0. The van der Waals surface area contributed by atoms with E-state index in [1.165, 1.54) is 4.88 Å². The summed E-state index contributed by atoms with van der Waals surface area (Å²) in [6.07, 6.45) is 1.06. The van der Waals surface area contributed by atoms with Crippen molar-refractivity contribution >= 4 is 34.5 Å². The van der Waals surface area contributed by atoms with Gasteiger partial charge in [0.2, 0.25) is 0 Å². The molecule has 1 unspecified atom stereocenters. The van der Waals surface area contributed by atoms with E-state index in [0.29, 0.717) is 10.0 Å². The van der Waals surface area contributed by atoms with E-state index in [9.17, 15) is 0 Å². The van der Waals surface area contributed by atoms with Crippen LogP contribution in [-0.2, 0) is 0 Å². The van der Waals surface area contributed by atoms with Crippen LogP contribution in [0.15, 0.2) is 18.2 Å². The van der Waals surface area contributed by atoms with Crippen molar-refractivity contribution in [2.45, 2.75) is 33.2 Å². The highest BCUT2D eigenvalue weighted by molar-refractivity contribution is 7.11.